The number of para-hydroxylation sites is 1. The number of hydrogen-bond donors (Lipinski definition) is 1. The second kappa shape index (κ2) is 6.68. The summed E-state index contributed by atoms with van der Waals surface area (Å²) in [6.45, 7) is 4.36. The zero-order chi connectivity index (χ0) is 15.4. The molecule has 0 aliphatic rings. The molecule has 0 heterocycles. The average Bonchev–Trinajstić information content (AvgIpc) is 2.47. The Morgan fingerprint density at radius 3 is 2.43 bits per heavy atom. The van der Waals surface area contributed by atoms with Crippen molar-refractivity contribution in [2.75, 3.05) is 6.61 Å². The van der Waals surface area contributed by atoms with Crippen LogP contribution in [-0.2, 0) is 0 Å². The van der Waals surface area contributed by atoms with Crippen LogP contribution in [0.3, 0.4) is 0 Å². The Labute approximate surface area is 123 Å². The van der Waals surface area contributed by atoms with Gasteiger partial charge in [0.2, 0.25) is 0 Å². The molecule has 0 aromatic heterocycles. The van der Waals surface area contributed by atoms with Gasteiger partial charge in [0.05, 0.1) is 6.04 Å². The maximum absolute atomic E-state index is 13.2. The molecule has 1 atom stereocenters. The van der Waals surface area contributed by atoms with Gasteiger partial charge in [0.25, 0.3) is 0 Å². The lowest BCUT2D eigenvalue weighted by Gasteiger charge is -2.17. The van der Waals surface area contributed by atoms with Gasteiger partial charge in [-0.2, -0.15) is 0 Å². The van der Waals surface area contributed by atoms with Gasteiger partial charge >= 0.3 is 0 Å². The van der Waals surface area contributed by atoms with Crippen molar-refractivity contribution in [3.8, 4) is 5.75 Å². The van der Waals surface area contributed by atoms with Crippen molar-refractivity contribution in [2.24, 2.45) is 5.73 Å². The van der Waals surface area contributed by atoms with E-state index in [9.17, 15) is 8.78 Å². The summed E-state index contributed by atoms with van der Waals surface area (Å²) in [7, 11) is 0. The highest BCUT2D eigenvalue weighted by molar-refractivity contribution is 5.35. The minimum absolute atomic E-state index is 0.203. The largest absolute Gasteiger partial charge is 0.491 e. The summed E-state index contributed by atoms with van der Waals surface area (Å²) in [5.41, 5.74) is 7.58. The van der Waals surface area contributed by atoms with E-state index in [1.807, 2.05) is 24.3 Å². The molecule has 4 heteroatoms. The predicted molar refractivity (Wildman–Crippen MR) is 79.3 cm³/mol. The second-order valence-electron chi connectivity index (χ2n) is 5.28. The predicted octanol–water partition coefficient (Wildman–Crippen LogP) is 4.17. The van der Waals surface area contributed by atoms with Crippen molar-refractivity contribution < 1.29 is 13.5 Å². The smallest absolute Gasteiger partial charge is 0.159 e. The molecule has 2 aromatic rings. The number of rotatable bonds is 5. The lowest BCUT2D eigenvalue weighted by Crippen LogP contribution is -2.19. The van der Waals surface area contributed by atoms with E-state index in [0.717, 1.165) is 23.4 Å². The first-order chi connectivity index (χ1) is 9.99. The Morgan fingerprint density at radius 1 is 1.05 bits per heavy atom. The van der Waals surface area contributed by atoms with Crippen LogP contribution in [-0.4, -0.2) is 6.61 Å². The third kappa shape index (κ3) is 3.79. The molecule has 0 radical (unpaired) electrons. The maximum atomic E-state index is 13.2. The first-order valence-corrected chi connectivity index (χ1v) is 6.91. The molecule has 112 valence electrons. The van der Waals surface area contributed by atoms with Crippen LogP contribution in [0.5, 0.6) is 5.75 Å². The van der Waals surface area contributed by atoms with Crippen molar-refractivity contribution in [1.82, 2.24) is 0 Å². The molecular weight excluding hydrogens is 272 g/mol. The van der Waals surface area contributed by atoms with Crippen LogP contribution in [0.4, 0.5) is 8.78 Å². The van der Waals surface area contributed by atoms with Gasteiger partial charge in [-0.05, 0) is 35.2 Å². The Bertz CT molecular complexity index is 613. The third-order valence-electron chi connectivity index (χ3n) is 3.33. The molecule has 0 fully saturated rings. The molecule has 2 N–H and O–H groups in total. The molecule has 0 spiro atoms. The van der Waals surface area contributed by atoms with Crippen LogP contribution in [0.2, 0.25) is 0 Å². The van der Waals surface area contributed by atoms with Crippen molar-refractivity contribution >= 4 is 0 Å². The fourth-order valence-electron chi connectivity index (χ4n) is 2.11. The SMILES string of the molecule is CC(C)c1ccccc1OCC(N)c1ccc(F)c(F)c1. The first kappa shape index (κ1) is 15.4. The van der Waals surface area contributed by atoms with E-state index in [-0.39, 0.29) is 6.61 Å². The van der Waals surface area contributed by atoms with Crippen LogP contribution in [0, 0.1) is 11.6 Å². The number of halogens is 2. The molecular formula is C17H19F2NO. The van der Waals surface area contributed by atoms with Gasteiger partial charge in [0, 0.05) is 0 Å². The number of hydrogen-bond acceptors (Lipinski definition) is 2. The molecule has 0 saturated heterocycles. The fourth-order valence-corrected chi connectivity index (χ4v) is 2.11. The fraction of sp³-hybridized carbons (Fsp3) is 0.294. The van der Waals surface area contributed by atoms with Gasteiger partial charge in [-0.25, -0.2) is 8.78 Å². The molecule has 0 bridgehead atoms. The van der Waals surface area contributed by atoms with E-state index in [2.05, 4.69) is 13.8 Å². The van der Waals surface area contributed by atoms with Crippen LogP contribution in [0.25, 0.3) is 0 Å². The Morgan fingerprint density at radius 2 is 1.76 bits per heavy atom. The maximum Gasteiger partial charge on any atom is 0.159 e. The molecule has 2 aromatic carbocycles. The molecule has 0 aliphatic heterocycles. The third-order valence-corrected chi connectivity index (χ3v) is 3.33. The minimum Gasteiger partial charge on any atom is -0.491 e. The Hall–Kier alpha value is -1.94. The summed E-state index contributed by atoms with van der Waals surface area (Å²) >= 11 is 0. The molecule has 0 amide bonds. The van der Waals surface area contributed by atoms with E-state index in [0.29, 0.717) is 11.5 Å². The van der Waals surface area contributed by atoms with Crippen LogP contribution in [0.1, 0.15) is 36.9 Å². The highest BCUT2D eigenvalue weighted by atomic mass is 19.2. The molecule has 2 rings (SSSR count). The molecule has 1 unspecified atom stereocenters. The lowest BCUT2D eigenvalue weighted by atomic mass is 10.0. The summed E-state index contributed by atoms with van der Waals surface area (Å²) in [5.74, 6) is -0.672. The van der Waals surface area contributed by atoms with Crippen molar-refractivity contribution in [1.29, 1.82) is 0 Å². The van der Waals surface area contributed by atoms with Gasteiger partial charge in [-0.3, -0.25) is 0 Å². The summed E-state index contributed by atoms with van der Waals surface area (Å²) < 4.78 is 31.9. The monoisotopic (exact) mass is 291 g/mol. The molecule has 0 saturated carbocycles. The van der Waals surface area contributed by atoms with Gasteiger partial charge in [-0.15, -0.1) is 0 Å². The van der Waals surface area contributed by atoms with E-state index in [4.69, 9.17) is 10.5 Å². The van der Waals surface area contributed by atoms with Crippen LogP contribution < -0.4 is 10.5 Å². The number of nitrogens with two attached hydrogens (primary N) is 1. The summed E-state index contributed by atoms with van der Waals surface area (Å²) in [6.07, 6.45) is 0. The molecule has 2 nitrogen and oxygen atoms in total. The highest BCUT2D eigenvalue weighted by Crippen LogP contribution is 2.26. The Kier molecular flexibility index (Phi) is 4.91. The Balaban J connectivity index is 2.07. The zero-order valence-corrected chi connectivity index (χ0v) is 12.1. The molecule has 0 aliphatic carbocycles. The van der Waals surface area contributed by atoms with Gasteiger partial charge in [0.1, 0.15) is 12.4 Å². The van der Waals surface area contributed by atoms with Crippen molar-refractivity contribution in [3.05, 3.63) is 65.2 Å². The topological polar surface area (TPSA) is 35.2 Å². The quantitative estimate of drug-likeness (QED) is 0.897. The van der Waals surface area contributed by atoms with E-state index in [1.165, 1.54) is 6.07 Å². The van der Waals surface area contributed by atoms with Crippen molar-refractivity contribution in [3.63, 3.8) is 0 Å². The van der Waals surface area contributed by atoms with Crippen molar-refractivity contribution in [2.45, 2.75) is 25.8 Å². The standard InChI is InChI=1S/C17H19F2NO/c1-11(2)13-5-3-4-6-17(13)21-10-16(20)12-7-8-14(18)15(19)9-12/h3-9,11,16H,10,20H2,1-2H3. The van der Waals surface area contributed by atoms with E-state index < -0.39 is 17.7 Å². The molecule has 21 heavy (non-hydrogen) atoms. The summed E-state index contributed by atoms with van der Waals surface area (Å²) in [4.78, 5) is 0. The zero-order valence-electron chi connectivity index (χ0n) is 12.1. The van der Waals surface area contributed by atoms with Gasteiger partial charge < -0.3 is 10.5 Å². The minimum atomic E-state index is -0.898. The number of ether oxygens (including phenoxy) is 1. The highest BCUT2D eigenvalue weighted by Gasteiger charge is 2.12. The van der Waals surface area contributed by atoms with Crippen LogP contribution in [0.15, 0.2) is 42.5 Å². The average molecular weight is 291 g/mol. The van der Waals surface area contributed by atoms with Gasteiger partial charge in [0.15, 0.2) is 11.6 Å². The van der Waals surface area contributed by atoms with Crippen LogP contribution >= 0.6 is 0 Å². The summed E-state index contributed by atoms with van der Waals surface area (Å²) in [5, 5.41) is 0. The van der Waals surface area contributed by atoms with E-state index in [1.54, 1.807) is 0 Å². The van der Waals surface area contributed by atoms with E-state index >= 15 is 0 Å². The first-order valence-electron chi connectivity index (χ1n) is 6.91. The summed E-state index contributed by atoms with van der Waals surface area (Å²) in [6, 6.07) is 10.9. The number of benzene rings is 2. The normalized spacial score (nSPS) is 12.5. The van der Waals surface area contributed by atoms with Gasteiger partial charge in [-0.1, -0.05) is 38.1 Å². The second-order valence-corrected chi connectivity index (χ2v) is 5.28. The lowest BCUT2D eigenvalue weighted by molar-refractivity contribution is 0.286.